The quantitative estimate of drug-likeness (QED) is 0.887. The number of hydrogen-bond donors (Lipinski definition) is 2. The summed E-state index contributed by atoms with van der Waals surface area (Å²) in [7, 11) is 0. The molecule has 0 saturated heterocycles. The van der Waals surface area contributed by atoms with Crippen LogP contribution in [0, 0.1) is 5.82 Å². The molecule has 3 N–H and O–H groups in total. The Morgan fingerprint density at radius 3 is 2.24 bits per heavy atom. The number of aliphatic hydroxyl groups is 1. The molecule has 0 bridgehead atoms. The van der Waals surface area contributed by atoms with E-state index in [4.69, 9.17) is 5.73 Å². The predicted octanol–water partition coefficient (Wildman–Crippen LogP) is 2.96. The Hall–Kier alpha value is -1.71. The summed E-state index contributed by atoms with van der Waals surface area (Å²) in [6.07, 6.45) is 1.17. The van der Waals surface area contributed by atoms with Crippen LogP contribution in [-0.2, 0) is 5.41 Å². The third-order valence-electron chi connectivity index (χ3n) is 4.64. The molecule has 2 nitrogen and oxygen atoms in total. The first kappa shape index (κ1) is 14.2. The maximum Gasteiger partial charge on any atom is 0.126 e. The van der Waals surface area contributed by atoms with Crippen LogP contribution in [0.25, 0.3) is 0 Å². The summed E-state index contributed by atoms with van der Waals surface area (Å²) in [5, 5.41) is 10.9. The zero-order valence-corrected chi connectivity index (χ0v) is 11.9. The molecule has 0 aliphatic heterocycles. The van der Waals surface area contributed by atoms with E-state index in [-0.39, 0.29) is 23.7 Å². The predicted molar refractivity (Wildman–Crippen MR) is 81.6 cm³/mol. The van der Waals surface area contributed by atoms with E-state index < -0.39 is 6.10 Å². The highest BCUT2D eigenvalue weighted by atomic mass is 19.1. The van der Waals surface area contributed by atoms with Crippen molar-refractivity contribution in [2.24, 2.45) is 5.73 Å². The van der Waals surface area contributed by atoms with Crippen molar-refractivity contribution in [2.75, 3.05) is 6.54 Å². The Morgan fingerprint density at radius 2 is 1.67 bits per heavy atom. The summed E-state index contributed by atoms with van der Waals surface area (Å²) in [5.41, 5.74) is 7.21. The number of benzene rings is 2. The molecule has 1 aliphatic carbocycles. The molecule has 2 atom stereocenters. The van der Waals surface area contributed by atoms with Gasteiger partial charge in [0.05, 0.1) is 6.10 Å². The van der Waals surface area contributed by atoms with Crippen LogP contribution in [0.15, 0.2) is 54.6 Å². The molecule has 2 aromatic carbocycles. The van der Waals surface area contributed by atoms with E-state index in [0.29, 0.717) is 5.56 Å². The third-order valence-corrected chi connectivity index (χ3v) is 4.64. The van der Waals surface area contributed by atoms with Crippen LogP contribution in [0.2, 0.25) is 0 Å². The monoisotopic (exact) mass is 285 g/mol. The summed E-state index contributed by atoms with van der Waals surface area (Å²) < 4.78 is 14.0. The van der Waals surface area contributed by atoms with Crippen molar-refractivity contribution in [1.82, 2.24) is 0 Å². The van der Waals surface area contributed by atoms with Crippen molar-refractivity contribution in [2.45, 2.75) is 30.3 Å². The van der Waals surface area contributed by atoms with Crippen molar-refractivity contribution < 1.29 is 9.50 Å². The molecule has 2 unspecified atom stereocenters. The lowest BCUT2D eigenvalue weighted by molar-refractivity contribution is 0.103. The minimum absolute atomic E-state index is 0.233. The Kier molecular flexibility index (Phi) is 3.79. The van der Waals surface area contributed by atoms with Crippen molar-refractivity contribution in [3.8, 4) is 0 Å². The van der Waals surface area contributed by atoms with Gasteiger partial charge in [0, 0.05) is 17.9 Å². The van der Waals surface area contributed by atoms with Gasteiger partial charge in [0.15, 0.2) is 0 Å². The second-order valence-corrected chi connectivity index (χ2v) is 5.83. The van der Waals surface area contributed by atoms with Gasteiger partial charge in [-0.25, -0.2) is 4.39 Å². The average Bonchev–Trinajstić information content (AvgIpc) is 3.32. The first-order valence-electron chi connectivity index (χ1n) is 7.37. The van der Waals surface area contributed by atoms with Crippen LogP contribution >= 0.6 is 0 Å². The minimum Gasteiger partial charge on any atom is -0.392 e. The normalized spacial score (nSPS) is 19.0. The zero-order valence-electron chi connectivity index (χ0n) is 11.9. The van der Waals surface area contributed by atoms with Gasteiger partial charge in [0.1, 0.15) is 5.82 Å². The third kappa shape index (κ3) is 2.47. The fraction of sp³-hybridized carbons (Fsp3) is 0.333. The van der Waals surface area contributed by atoms with E-state index in [1.54, 1.807) is 18.2 Å². The number of hydrogen-bond acceptors (Lipinski definition) is 2. The van der Waals surface area contributed by atoms with Crippen molar-refractivity contribution in [1.29, 1.82) is 0 Å². The van der Waals surface area contributed by atoms with E-state index in [1.807, 2.05) is 30.3 Å². The topological polar surface area (TPSA) is 46.2 Å². The summed E-state index contributed by atoms with van der Waals surface area (Å²) in [6, 6.07) is 16.6. The van der Waals surface area contributed by atoms with E-state index >= 15 is 0 Å². The van der Waals surface area contributed by atoms with Gasteiger partial charge in [-0.1, -0.05) is 48.5 Å². The van der Waals surface area contributed by atoms with Crippen molar-refractivity contribution in [3.05, 3.63) is 71.5 Å². The molecule has 0 heterocycles. The summed E-state index contributed by atoms with van der Waals surface area (Å²) >= 11 is 0. The van der Waals surface area contributed by atoms with Gasteiger partial charge in [-0.3, -0.25) is 0 Å². The highest BCUT2D eigenvalue weighted by molar-refractivity contribution is 5.36. The zero-order chi connectivity index (χ0) is 14.9. The molecule has 1 aliphatic rings. The van der Waals surface area contributed by atoms with Crippen molar-refractivity contribution >= 4 is 0 Å². The second-order valence-electron chi connectivity index (χ2n) is 5.83. The first-order chi connectivity index (χ1) is 10.2. The molecule has 21 heavy (non-hydrogen) atoms. The highest BCUT2D eigenvalue weighted by Crippen LogP contribution is 2.54. The average molecular weight is 285 g/mol. The number of halogens is 1. The Bertz CT molecular complexity index is 610. The molecule has 3 rings (SSSR count). The maximum atomic E-state index is 14.0. The molecule has 0 spiro atoms. The lowest BCUT2D eigenvalue weighted by atomic mass is 9.79. The number of nitrogens with two attached hydrogens (primary N) is 1. The van der Waals surface area contributed by atoms with Gasteiger partial charge >= 0.3 is 0 Å². The molecular weight excluding hydrogens is 265 g/mol. The fourth-order valence-electron chi connectivity index (χ4n) is 3.25. The largest absolute Gasteiger partial charge is 0.392 e. The van der Waals surface area contributed by atoms with Crippen LogP contribution < -0.4 is 5.73 Å². The van der Waals surface area contributed by atoms with Crippen LogP contribution in [0.3, 0.4) is 0 Å². The van der Waals surface area contributed by atoms with Gasteiger partial charge in [0.2, 0.25) is 0 Å². The summed E-state index contributed by atoms with van der Waals surface area (Å²) in [4.78, 5) is 0. The number of aliphatic hydroxyl groups excluding tert-OH is 1. The molecule has 0 amide bonds. The lowest BCUT2D eigenvalue weighted by Crippen LogP contribution is -2.36. The Labute approximate surface area is 124 Å². The second kappa shape index (κ2) is 5.58. The minimum atomic E-state index is -0.665. The van der Waals surface area contributed by atoms with E-state index in [1.165, 1.54) is 6.07 Å². The molecule has 1 fully saturated rings. The van der Waals surface area contributed by atoms with E-state index in [9.17, 15) is 9.50 Å². The SMILES string of the molecule is NCC(c1ccccc1F)C(O)C1(c2ccccc2)CC1. The fourth-order valence-corrected chi connectivity index (χ4v) is 3.25. The smallest absolute Gasteiger partial charge is 0.126 e. The van der Waals surface area contributed by atoms with Crippen LogP contribution in [0.4, 0.5) is 4.39 Å². The summed E-state index contributed by atoms with van der Waals surface area (Å²) in [5.74, 6) is -0.676. The molecular formula is C18H20FNO. The molecule has 0 radical (unpaired) electrons. The Balaban J connectivity index is 1.93. The van der Waals surface area contributed by atoms with Gasteiger partial charge in [-0.05, 0) is 30.0 Å². The maximum absolute atomic E-state index is 14.0. The van der Waals surface area contributed by atoms with Gasteiger partial charge in [-0.2, -0.15) is 0 Å². The first-order valence-corrected chi connectivity index (χ1v) is 7.37. The Morgan fingerprint density at radius 1 is 1.05 bits per heavy atom. The van der Waals surface area contributed by atoms with Crippen molar-refractivity contribution in [3.63, 3.8) is 0 Å². The van der Waals surface area contributed by atoms with Crippen LogP contribution in [0.1, 0.15) is 29.9 Å². The van der Waals surface area contributed by atoms with Gasteiger partial charge in [0.25, 0.3) is 0 Å². The number of rotatable bonds is 5. The molecule has 3 heteroatoms. The molecule has 2 aromatic rings. The van der Waals surface area contributed by atoms with Gasteiger partial charge < -0.3 is 10.8 Å². The molecule has 1 saturated carbocycles. The highest BCUT2D eigenvalue weighted by Gasteiger charge is 2.52. The molecule has 110 valence electrons. The van der Waals surface area contributed by atoms with Crippen LogP contribution in [0.5, 0.6) is 0 Å². The lowest BCUT2D eigenvalue weighted by Gasteiger charge is -2.30. The van der Waals surface area contributed by atoms with Gasteiger partial charge in [-0.15, -0.1) is 0 Å². The molecule has 0 aromatic heterocycles. The van der Waals surface area contributed by atoms with E-state index in [2.05, 4.69) is 0 Å². The summed E-state index contributed by atoms with van der Waals surface area (Å²) in [6.45, 7) is 0.233. The van der Waals surface area contributed by atoms with E-state index in [0.717, 1.165) is 18.4 Å². The standard InChI is InChI=1S/C18H20FNO/c19-16-9-5-4-8-14(16)15(12-20)17(21)18(10-11-18)13-6-2-1-3-7-13/h1-9,15,17,21H,10-12,20H2. The van der Waals surface area contributed by atoms with Crippen LogP contribution in [-0.4, -0.2) is 17.8 Å².